The van der Waals surface area contributed by atoms with Crippen molar-refractivity contribution in [2.24, 2.45) is 0 Å². The number of thioether (sulfide) groups is 1. The molecule has 0 aromatic heterocycles. The van der Waals surface area contributed by atoms with Crippen molar-refractivity contribution in [2.75, 3.05) is 23.8 Å². The van der Waals surface area contributed by atoms with Crippen molar-refractivity contribution >= 4 is 68.1 Å². The maximum atomic E-state index is 12.7. The highest BCUT2D eigenvalue weighted by Crippen LogP contribution is 2.32. The Morgan fingerprint density at radius 2 is 1.63 bits per heavy atom. The van der Waals surface area contributed by atoms with Crippen molar-refractivity contribution in [2.45, 2.75) is 13.8 Å². The molecule has 1 saturated heterocycles. The van der Waals surface area contributed by atoms with Gasteiger partial charge in [0.25, 0.3) is 17.1 Å². The molecule has 3 aromatic rings. The Morgan fingerprint density at radius 1 is 0.947 bits per heavy atom. The van der Waals surface area contributed by atoms with E-state index in [1.807, 2.05) is 32.0 Å². The number of anilines is 2. The first-order valence-corrected chi connectivity index (χ1v) is 13.2. The van der Waals surface area contributed by atoms with E-state index in [1.165, 1.54) is 0 Å². The molecule has 0 bridgehead atoms. The van der Waals surface area contributed by atoms with Crippen LogP contribution in [-0.4, -0.2) is 41.0 Å². The van der Waals surface area contributed by atoms with Crippen LogP contribution in [-0.2, 0) is 14.4 Å². The molecule has 4 rings (SSSR count). The third-order valence-electron chi connectivity index (χ3n) is 5.64. The number of nitrogens with zero attached hydrogens (tertiary/aromatic N) is 1. The number of carbonyl (C=O) groups excluding carboxylic acids is 4. The zero-order chi connectivity index (χ0) is 27.2. The van der Waals surface area contributed by atoms with Crippen molar-refractivity contribution in [3.05, 3.63) is 92.8 Å². The Morgan fingerprint density at radius 3 is 2.34 bits per heavy atom. The molecule has 2 N–H and O–H groups in total. The average molecular weight is 594 g/mol. The quantitative estimate of drug-likeness (QED) is 0.322. The molecule has 0 unspecified atom stereocenters. The zero-order valence-corrected chi connectivity index (χ0v) is 23.0. The fraction of sp³-hybridized carbons (Fsp3) is 0.143. The van der Waals surface area contributed by atoms with Crippen molar-refractivity contribution in [3.63, 3.8) is 0 Å². The van der Waals surface area contributed by atoms with Crippen LogP contribution in [0.15, 0.2) is 76.1 Å². The van der Waals surface area contributed by atoms with E-state index in [0.717, 1.165) is 32.3 Å². The van der Waals surface area contributed by atoms with Crippen molar-refractivity contribution in [3.8, 4) is 5.75 Å². The minimum absolute atomic E-state index is 0.178. The topological polar surface area (TPSA) is 105 Å². The number of aryl methyl sites for hydroxylation is 2. The molecule has 1 aliphatic rings. The number of imide groups is 1. The molecule has 0 radical (unpaired) electrons. The molecule has 1 aliphatic heterocycles. The van der Waals surface area contributed by atoms with Crippen LogP contribution in [0.5, 0.6) is 5.75 Å². The van der Waals surface area contributed by atoms with Crippen LogP contribution < -0.4 is 15.4 Å². The van der Waals surface area contributed by atoms with Gasteiger partial charge in [-0.2, -0.15) is 0 Å². The second-order valence-electron chi connectivity index (χ2n) is 8.50. The molecule has 0 saturated carbocycles. The smallest absolute Gasteiger partial charge is 0.294 e. The molecule has 1 fully saturated rings. The largest absolute Gasteiger partial charge is 0.484 e. The summed E-state index contributed by atoms with van der Waals surface area (Å²) < 4.78 is 6.37. The van der Waals surface area contributed by atoms with E-state index in [1.54, 1.807) is 54.6 Å². The molecule has 38 heavy (non-hydrogen) atoms. The summed E-state index contributed by atoms with van der Waals surface area (Å²) >= 11 is 4.23. The number of rotatable bonds is 8. The summed E-state index contributed by atoms with van der Waals surface area (Å²) in [7, 11) is 0. The fourth-order valence-electron chi connectivity index (χ4n) is 3.53. The maximum absolute atomic E-state index is 12.7. The number of carbonyl (C=O) groups is 4. The summed E-state index contributed by atoms with van der Waals surface area (Å²) in [6.07, 6.45) is 1.58. The first-order chi connectivity index (χ1) is 18.2. The SMILES string of the molecule is Cc1cc(Br)c(NC(=O)COc2ccc(/C=C3\SC(=O)N(CC(=O)Nc4ccccc4)C3=O)cc2)cc1C. The summed E-state index contributed by atoms with van der Waals surface area (Å²) in [4.78, 5) is 50.8. The van der Waals surface area contributed by atoms with Crippen molar-refractivity contribution in [1.82, 2.24) is 4.90 Å². The lowest BCUT2D eigenvalue weighted by molar-refractivity contribution is -0.127. The van der Waals surface area contributed by atoms with Gasteiger partial charge < -0.3 is 15.4 Å². The number of halogens is 1. The number of nitrogens with one attached hydrogen (secondary N) is 2. The van der Waals surface area contributed by atoms with Crippen LogP contribution in [0.2, 0.25) is 0 Å². The molecule has 10 heteroatoms. The van der Waals surface area contributed by atoms with Crippen molar-refractivity contribution in [1.29, 1.82) is 0 Å². The van der Waals surface area contributed by atoms with Crippen LogP contribution >= 0.6 is 27.7 Å². The molecular formula is C28H24BrN3O5S. The second-order valence-corrected chi connectivity index (χ2v) is 10.4. The minimum Gasteiger partial charge on any atom is -0.484 e. The lowest BCUT2D eigenvalue weighted by atomic mass is 10.1. The lowest BCUT2D eigenvalue weighted by Gasteiger charge is -2.12. The first kappa shape index (κ1) is 27.2. The number of hydrogen-bond acceptors (Lipinski definition) is 6. The van der Waals surface area contributed by atoms with Crippen LogP contribution in [0, 0.1) is 13.8 Å². The van der Waals surface area contributed by atoms with Gasteiger partial charge in [0.15, 0.2) is 6.61 Å². The summed E-state index contributed by atoms with van der Waals surface area (Å²) in [5.74, 6) is -0.821. The molecule has 0 spiro atoms. The van der Waals surface area contributed by atoms with Gasteiger partial charge in [0.1, 0.15) is 12.3 Å². The van der Waals surface area contributed by atoms with E-state index in [-0.39, 0.29) is 24.0 Å². The summed E-state index contributed by atoms with van der Waals surface area (Å²) in [5, 5.41) is 4.98. The second kappa shape index (κ2) is 12.1. The Hall–Kier alpha value is -3.89. The lowest BCUT2D eigenvalue weighted by Crippen LogP contribution is -2.36. The van der Waals surface area contributed by atoms with E-state index < -0.39 is 17.1 Å². The molecule has 4 amide bonds. The van der Waals surface area contributed by atoms with E-state index >= 15 is 0 Å². The zero-order valence-electron chi connectivity index (χ0n) is 20.6. The van der Waals surface area contributed by atoms with Crippen LogP contribution in [0.3, 0.4) is 0 Å². The van der Waals surface area contributed by atoms with Gasteiger partial charge in [0.2, 0.25) is 5.91 Å². The number of hydrogen-bond donors (Lipinski definition) is 2. The third-order valence-corrected chi connectivity index (χ3v) is 7.20. The van der Waals surface area contributed by atoms with E-state index in [0.29, 0.717) is 22.7 Å². The summed E-state index contributed by atoms with van der Waals surface area (Å²) in [5.41, 5.74) is 4.10. The highest BCUT2D eigenvalue weighted by molar-refractivity contribution is 9.10. The summed E-state index contributed by atoms with van der Waals surface area (Å²) in [6, 6.07) is 19.4. The number of amides is 4. The third kappa shape index (κ3) is 6.90. The van der Waals surface area contributed by atoms with Gasteiger partial charge in [-0.3, -0.25) is 24.1 Å². The van der Waals surface area contributed by atoms with Crippen LogP contribution in [0.4, 0.5) is 16.2 Å². The van der Waals surface area contributed by atoms with Gasteiger partial charge >= 0.3 is 0 Å². The number of ether oxygens (including phenoxy) is 1. The van der Waals surface area contributed by atoms with E-state index in [2.05, 4.69) is 26.6 Å². The van der Waals surface area contributed by atoms with Gasteiger partial charge in [0.05, 0.1) is 10.6 Å². The first-order valence-electron chi connectivity index (χ1n) is 11.6. The minimum atomic E-state index is -0.530. The standard InChI is InChI=1S/C28H24BrN3O5S/c1-17-12-22(29)23(13-18(17)2)31-26(34)16-37-21-10-8-19(9-11-21)14-24-27(35)32(28(36)38-24)15-25(33)30-20-6-4-3-5-7-20/h3-14H,15-16H2,1-2H3,(H,30,33)(H,31,34)/b24-14-. The van der Waals surface area contributed by atoms with Crippen LogP contribution in [0.1, 0.15) is 16.7 Å². The van der Waals surface area contributed by atoms with E-state index in [9.17, 15) is 19.2 Å². The maximum Gasteiger partial charge on any atom is 0.294 e. The molecule has 0 atom stereocenters. The predicted molar refractivity (Wildman–Crippen MR) is 152 cm³/mol. The van der Waals surface area contributed by atoms with Gasteiger partial charge in [-0.1, -0.05) is 30.3 Å². The highest BCUT2D eigenvalue weighted by atomic mass is 79.9. The monoisotopic (exact) mass is 593 g/mol. The number of benzene rings is 3. The predicted octanol–water partition coefficient (Wildman–Crippen LogP) is 5.76. The molecule has 0 aliphatic carbocycles. The Bertz CT molecular complexity index is 1420. The van der Waals surface area contributed by atoms with Gasteiger partial charge in [-0.05, 0) is 101 Å². The molecule has 3 aromatic carbocycles. The molecule has 194 valence electrons. The molecule has 8 nitrogen and oxygen atoms in total. The van der Waals surface area contributed by atoms with Gasteiger partial charge in [-0.15, -0.1) is 0 Å². The molecular weight excluding hydrogens is 570 g/mol. The average Bonchev–Trinajstić information content (AvgIpc) is 3.14. The van der Waals surface area contributed by atoms with E-state index in [4.69, 9.17) is 4.74 Å². The normalized spacial score (nSPS) is 14.1. The fourth-order valence-corrected chi connectivity index (χ4v) is 4.92. The number of para-hydroxylation sites is 1. The molecule has 1 heterocycles. The Balaban J connectivity index is 1.31. The summed E-state index contributed by atoms with van der Waals surface area (Å²) in [6.45, 7) is 3.42. The van der Waals surface area contributed by atoms with Gasteiger partial charge in [0, 0.05) is 10.2 Å². The van der Waals surface area contributed by atoms with Gasteiger partial charge in [-0.25, -0.2) is 0 Å². The highest BCUT2D eigenvalue weighted by Gasteiger charge is 2.36. The van der Waals surface area contributed by atoms with Crippen LogP contribution in [0.25, 0.3) is 6.08 Å². The Labute approximate surface area is 232 Å². The van der Waals surface area contributed by atoms with Crippen molar-refractivity contribution < 1.29 is 23.9 Å². The Kier molecular flexibility index (Phi) is 8.65.